The fourth-order valence-electron chi connectivity index (χ4n) is 2.03. The topological polar surface area (TPSA) is 35.5 Å². The lowest BCUT2D eigenvalue weighted by Crippen LogP contribution is -2.19. The Labute approximate surface area is 126 Å². The van der Waals surface area contributed by atoms with Gasteiger partial charge in [0.05, 0.1) is 13.5 Å². The average molecular weight is 345 g/mol. The maximum absolute atomic E-state index is 11.2. The maximum atomic E-state index is 11.2. The Morgan fingerprint density at radius 1 is 1.63 bits per heavy atom. The van der Waals surface area contributed by atoms with Gasteiger partial charge in [0.2, 0.25) is 0 Å². The normalized spacial score (nSPS) is 18.6. The number of halogens is 1. The molecular formula is C14H17BrO3S. The minimum atomic E-state index is -0.153. The number of carbonyl (C=O) groups excluding carboxylic acids is 1. The van der Waals surface area contributed by atoms with Crippen molar-refractivity contribution in [3.63, 3.8) is 0 Å². The van der Waals surface area contributed by atoms with E-state index in [1.807, 2.05) is 19.1 Å². The molecule has 2 atom stereocenters. The lowest BCUT2D eigenvalue weighted by atomic mass is 10.1. The number of fused-ring (bicyclic) bond motifs is 1. The average Bonchev–Trinajstić information content (AvgIpc) is 2.78. The molecule has 0 radical (unpaired) electrons. The standard InChI is InChI=1S/C14H17BrO3S/c1-9(5-14(16)17-2)19-8-12-7-10-6-11(15)3-4-13(10)18-12/h3-4,6,9,12H,5,7-8H2,1-2H3. The predicted octanol–water partition coefficient (Wildman–Crippen LogP) is 3.44. The molecule has 3 nitrogen and oxygen atoms in total. The van der Waals surface area contributed by atoms with Crippen molar-refractivity contribution in [1.82, 2.24) is 0 Å². The highest BCUT2D eigenvalue weighted by atomic mass is 79.9. The molecule has 0 saturated heterocycles. The number of esters is 1. The second-order valence-corrected chi connectivity index (χ2v) is 7.01. The van der Waals surface area contributed by atoms with Crippen molar-refractivity contribution < 1.29 is 14.3 Å². The Morgan fingerprint density at radius 2 is 2.42 bits per heavy atom. The van der Waals surface area contributed by atoms with Gasteiger partial charge in [0.15, 0.2) is 0 Å². The van der Waals surface area contributed by atoms with Crippen molar-refractivity contribution in [3.8, 4) is 5.75 Å². The summed E-state index contributed by atoms with van der Waals surface area (Å²) in [6.07, 6.45) is 1.59. The predicted molar refractivity (Wildman–Crippen MR) is 80.8 cm³/mol. The molecule has 1 aromatic carbocycles. The Kier molecular flexibility index (Phi) is 5.16. The summed E-state index contributed by atoms with van der Waals surface area (Å²) in [4.78, 5) is 11.2. The zero-order valence-electron chi connectivity index (χ0n) is 11.0. The Bertz CT molecular complexity index is 464. The number of benzene rings is 1. The molecule has 2 rings (SSSR count). The van der Waals surface area contributed by atoms with Crippen LogP contribution in [0.5, 0.6) is 5.75 Å². The van der Waals surface area contributed by atoms with Crippen LogP contribution in [0.2, 0.25) is 0 Å². The zero-order valence-corrected chi connectivity index (χ0v) is 13.4. The summed E-state index contributed by atoms with van der Waals surface area (Å²) < 4.78 is 11.6. The van der Waals surface area contributed by atoms with E-state index in [2.05, 4.69) is 26.7 Å². The number of hydrogen-bond acceptors (Lipinski definition) is 4. The number of rotatable bonds is 5. The Hall–Kier alpha value is -0.680. The van der Waals surface area contributed by atoms with Crippen molar-refractivity contribution in [2.45, 2.75) is 31.1 Å². The van der Waals surface area contributed by atoms with E-state index in [4.69, 9.17) is 4.74 Å². The molecule has 1 heterocycles. The first-order chi connectivity index (χ1) is 9.08. The SMILES string of the molecule is COC(=O)CC(C)SCC1Cc2cc(Br)ccc2O1. The fraction of sp³-hybridized carbons (Fsp3) is 0.500. The first kappa shape index (κ1) is 14.7. The quantitative estimate of drug-likeness (QED) is 0.766. The van der Waals surface area contributed by atoms with Crippen LogP contribution in [0.1, 0.15) is 18.9 Å². The minimum absolute atomic E-state index is 0.153. The molecular weight excluding hydrogens is 328 g/mol. The zero-order chi connectivity index (χ0) is 13.8. The highest BCUT2D eigenvalue weighted by molar-refractivity contribution is 9.10. The molecule has 0 aliphatic carbocycles. The third-order valence-corrected chi connectivity index (χ3v) is 4.81. The van der Waals surface area contributed by atoms with E-state index in [0.717, 1.165) is 22.4 Å². The third kappa shape index (κ3) is 4.14. The molecule has 1 aliphatic rings. The van der Waals surface area contributed by atoms with E-state index in [1.165, 1.54) is 12.7 Å². The summed E-state index contributed by atoms with van der Waals surface area (Å²) in [6.45, 7) is 2.04. The molecule has 0 aromatic heterocycles. The van der Waals surface area contributed by atoms with Crippen LogP contribution in [0.4, 0.5) is 0 Å². The van der Waals surface area contributed by atoms with Crippen LogP contribution in [0, 0.1) is 0 Å². The number of thioether (sulfide) groups is 1. The molecule has 0 N–H and O–H groups in total. The summed E-state index contributed by atoms with van der Waals surface area (Å²) >= 11 is 5.22. The molecule has 0 bridgehead atoms. The van der Waals surface area contributed by atoms with Gasteiger partial charge in [-0.1, -0.05) is 22.9 Å². The van der Waals surface area contributed by atoms with E-state index < -0.39 is 0 Å². The summed E-state index contributed by atoms with van der Waals surface area (Å²) in [7, 11) is 1.42. The van der Waals surface area contributed by atoms with Gasteiger partial charge in [0.1, 0.15) is 11.9 Å². The lowest BCUT2D eigenvalue weighted by molar-refractivity contribution is -0.140. The van der Waals surface area contributed by atoms with Gasteiger partial charge in [-0.25, -0.2) is 0 Å². The van der Waals surface area contributed by atoms with Crippen LogP contribution in [0.3, 0.4) is 0 Å². The highest BCUT2D eigenvalue weighted by Crippen LogP contribution is 2.33. The molecule has 0 amide bonds. The van der Waals surface area contributed by atoms with Crippen molar-refractivity contribution >= 4 is 33.7 Å². The number of carbonyl (C=O) groups is 1. The lowest BCUT2D eigenvalue weighted by Gasteiger charge is -2.14. The second-order valence-electron chi connectivity index (χ2n) is 4.62. The fourth-order valence-corrected chi connectivity index (χ4v) is 3.42. The van der Waals surface area contributed by atoms with Gasteiger partial charge in [0, 0.05) is 21.9 Å². The number of hydrogen-bond donors (Lipinski definition) is 0. The maximum Gasteiger partial charge on any atom is 0.306 e. The molecule has 0 fully saturated rings. The van der Waals surface area contributed by atoms with Gasteiger partial charge in [-0.2, -0.15) is 11.8 Å². The van der Waals surface area contributed by atoms with Gasteiger partial charge >= 0.3 is 5.97 Å². The van der Waals surface area contributed by atoms with E-state index in [0.29, 0.717) is 6.42 Å². The smallest absolute Gasteiger partial charge is 0.306 e. The van der Waals surface area contributed by atoms with Crippen molar-refractivity contribution in [1.29, 1.82) is 0 Å². The van der Waals surface area contributed by atoms with Gasteiger partial charge in [-0.05, 0) is 23.8 Å². The summed E-state index contributed by atoms with van der Waals surface area (Å²) in [5, 5.41) is 0.256. The molecule has 5 heteroatoms. The Morgan fingerprint density at radius 3 is 3.16 bits per heavy atom. The third-order valence-electron chi connectivity index (χ3n) is 3.01. The van der Waals surface area contributed by atoms with Crippen LogP contribution >= 0.6 is 27.7 Å². The van der Waals surface area contributed by atoms with Crippen molar-refractivity contribution in [2.24, 2.45) is 0 Å². The van der Waals surface area contributed by atoms with Gasteiger partial charge < -0.3 is 9.47 Å². The Balaban J connectivity index is 1.79. The van der Waals surface area contributed by atoms with Crippen LogP contribution in [0.25, 0.3) is 0 Å². The van der Waals surface area contributed by atoms with Crippen LogP contribution in [-0.2, 0) is 16.0 Å². The first-order valence-electron chi connectivity index (χ1n) is 6.22. The van der Waals surface area contributed by atoms with Crippen LogP contribution < -0.4 is 4.74 Å². The van der Waals surface area contributed by atoms with Gasteiger partial charge in [-0.3, -0.25) is 4.79 Å². The summed E-state index contributed by atoms with van der Waals surface area (Å²) in [5.41, 5.74) is 1.25. The van der Waals surface area contributed by atoms with E-state index in [1.54, 1.807) is 11.8 Å². The van der Waals surface area contributed by atoms with E-state index in [9.17, 15) is 4.79 Å². The van der Waals surface area contributed by atoms with Gasteiger partial charge in [0.25, 0.3) is 0 Å². The molecule has 1 aromatic rings. The largest absolute Gasteiger partial charge is 0.489 e. The monoisotopic (exact) mass is 344 g/mol. The summed E-state index contributed by atoms with van der Waals surface area (Å²) in [5.74, 6) is 1.72. The van der Waals surface area contributed by atoms with Crippen LogP contribution in [-0.4, -0.2) is 30.2 Å². The molecule has 104 valence electrons. The molecule has 0 saturated carbocycles. The summed E-state index contributed by atoms with van der Waals surface area (Å²) in [6, 6.07) is 6.11. The van der Waals surface area contributed by atoms with E-state index >= 15 is 0 Å². The molecule has 1 aliphatic heterocycles. The van der Waals surface area contributed by atoms with Gasteiger partial charge in [-0.15, -0.1) is 0 Å². The van der Waals surface area contributed by atoms with Crippen molar-refractivity contribution in [2.75, 3.05) is 12.9 Å². The number of methoxy groups -OCH3 is 1. The van der Waals surface area contributed by atoms with Crippen LogP contribution in [0.15, 0.2) is 22.7 Å². The molecule has 2 unspecified atom stereocenters. The highest BCUT2D eigenvalue weighted by Gasteiger charge is 2.24. The minimum Gasteiger partial charge on any atom is -0.489 e. The molecule has 0 spiro atoms. The van der Waals surface area contributed by atoms with E-state index in [-0.39, 0.29) is 17.3 Å². The first-order valence-corrected chi connectivity index (χ1v) is 8.06. The molecule has 19 heavy (non-hydrogen) atoms. The van der Waals surface area contributed by atoms with Crippen molar-refractivity contribution in [3.05, 3.63) is 28.2 Å². The number of ether oxygens (including phenoxy) is 2. The second kappa shape index (κ2) is 6.66.